The number of carbonyl (C=O) groups excluding carboxylic acids is 2. The minimum atomic E-state index is -0.735. The second kappa shape index (κ2) is 7.96. The Bertz CT molecular complexity index is 769. The van der Waals surface area contributed by atoms with Gasteiger partial charge in [0.25, 0.3) is 5.91 Å². The van der Waals surface area contributed by atoms with Crippen molar-refractivity contribution in [2.45, 2.75) is 50.4 Å². The fraction of sp³-hybridized carbons (Fsp3) is 0.429. The van der Waals surface area contributed by atoms with Gasteiger partial charge in [-0.2, -0.15) is 0 Å². The van der Waals surface area contributed by atoms with Crippen LogP contribution in [0.1, 0.15) is 43.0 Å². The van der Waals surface area contributed by atoms with Gasteiger partial charge < -0.3 is 19.4 Å². The lowest BCUT2D eigenvalue weighted by molar-refractivity contribution is -0.168. The van der Waals surface area contributed by atoms with Gasteiger partial charge in [-0.3, -0.25) is 9.59 Å². The van der Waals surface area contributed by atoms with Crippen molar-refractivity contribution in [2.24, 2.45) is 0 Å². The van der Waals surface area contributed by atoms with E-state index in [9.17, 15) is 9.59 Å². The largest absolute Gasteiger partial charge is 0.467 e. The zero-order valence-corrected chi connectivity index (χ0v) is 15.2. The van der Waals surface area contributed by atoms with Crippen molar-refractivity contribution >= 4 is 11.8 Å². The van der Waals surface area contributed by atoms with Crippen LogP contribution in [0.15, 0.2) is 53.1 Å². The van der Waals surface area contributed by atoms with Gasteiger partial charge in [0, 0.05) is 6.04 Å². The van der Waals surface area contributed by atoms with Crippen LogP contribution in [-0.4, -0.2) is 35.5 Å². The van der Waals surface area contributed by atoms with Crippen LogP contribution >= 0.6 is 0 Å². The molecule has 0 bridgehead atoms. The molecule has 1 saturated heterocycles. The van der Waals surface area contributed by atoms with Gasteiger partial charge in [-0.25, -0.2) is 0 Å². The van der Waals surface area contributed by atoms with E-state index in [0.29, 0.717) is 12.3 Å². The van der Waals surface area contributed by atoms with Crippen molar-refractivity contribution in [2.75, 3.05) is 6.61 Å². The predicted molar refractivity (Wildman–Crippen MR) is 98.6 cm³/mol. The van der Waals surface area contributed by atoms with Crippen molar-refractivity contribution in [1.82, 2.24) is 10.2 Å². The van der Waals surface area contributed by atoms with Crippen LogP contribution < -0.4 is 5.32 Å². The molecule has 142 valence electrons. The molecule has 4 rings (SSSR count). The molecule has 2 atom stereocenters. The summed E-state index contributed by atoms with van der Waals surface area (Å²) in [6.45, 7) is 0.239. The van der Waals surface area contributed by atoms with E-state index >= 15 is 0 Å². The van der Waals surface area contributed by atoms with Gasteiger partial charge in [0.2, 0.25) is 5.91 Å². The van der Waals surface area contributed by atoms with Gasteiger partial charge in [-0.15, -0.1) is 0 Å². The van der Waals surface area contributed by atoms with Crippen LogP contribution in [0.25, 0.3) is 0 Å². The van der Waals surface area contributed by atoms with E-state index in [4.69, 9.17) is 9.15 Å². The molecule has 0 radical (unpaired) electrons. The Morgan fingerprint density at radius 1 is 1.11 bits per heavy atom. The zero-order chi connectivity index (χ0) is 18.6. The monoisotopic (exact) mass is 368 g/mol. The first-order valence-corrected chi connectivity index (χ1v) is 9.52. The van der Waals surface area contributed by atoms with Gasteiger partial charge in [0.05, 0.1) is 18.8 Å². The highest BCUT2D eigenvalue weighted by Crippen LogP contribution is 2.36. The molecule has 1 aliphatic carbocycles. The summed E-state index contributed by atoms with van der Waals surface area (Å²) in [4.78, 5) is 27.6. The molecule has 6 heteroatoms. The van der Waals surface area contributed by atoms with Gasteiger partial charge >= 0.3 is 0 Å². The minimum Gasteiger partial charge on any atom is -0.467 e. The third kappa shape index (κ3) is 3.76. The van der Waals surface area contributed by atoms with Gasteiger partial charge in [-0.05, 0) is 30.5 Å². The number of amides is 2. The van der Waals surface area contributed by atoms with Crippen LogP contribution in [0, 0.1) is 0 Å². The SMILES string of the molecule is O=C(NCc1ccco1)[C@@H]1OCC(=O)N(C2CCCC2)[C@H]1c1ccccc1. The van der Waals surface area contributed by atoms with E-state index in [1.807, 2.05) is 41.3 Å². The van der Waals surface area contributed by atoms with Crippen LogP contribution in [0.5, 0.6) is 0 Å². The van der Waals surface area contributed by atoms with Crippen molar-refractivity contribution in [1.29, 1.82) is 0 Å². The summed E-state index contributed by atoms with van der Waals surface area (Å²) in [5.41, 5.74) is 0.926. The number of furan rings is 1. The molecule has 0 unspecified atom stereocenters. The number of hydrogen-bond acceptors (Lipinski definition) is 4. The Morgan fingerprint density at radius 2 is 1.89 bits per heavy atom. The molecule has 1 aromatic heterocycles. The Kier molecular flexibility index (Phi) is 5.25. The zero-order valence-electron chi connectivity index (χ0n) is 15.2. The molecule has 1 N–H and O–H groups in total. The van der Waals surface area contributed by atoms with E-state index < -0.39 is 12.1 Å². The molecule has 2 aromatic rings. The smallest absolute Gasteiger partial charge is 0.252 e. The molecule has 6 nitrogen and oxygen atoms in total. The maximum Gasteiger partial charge on any atom is 0.252 e. The average Bonchev–Trinajstić information content (AvgIpc) is 3.40. The normalized spacial score (nSPS) is 23.6. The van der Waals surface area contributed by atoms with Crippen LogP contribution in [-0.2, 0) is 20.9 Å². The molecular weight excluding hydrogens is 344 g/mol. The highest BCUT2D eigenvalue weighted by molar-refractivity contribution is 5.86. The lowest BCUT2D eigenvalue weighted by Gasteiger charge is -2.43. The highest BCUT2D eigenvalue weighted by Gasteiger charge is 2.44. The first-order valence-electron chi connectivity index (χ1n) is 9.52. The van der Waals surface area contributed by atoms with Crippen LogP contribution in [0.2, 0.25) is 0 Å². The molecule has 2 fully saturated rings. The fourth-order valence-corrected chi connectivity index (χ4v) is 4.13. The molecule has 0 spiro atoms. The molecule has 2 amide bonds. The van der Waals surface area contributed by atoms with E-state index in [2.05, 4.69) is 5.32 Å². The standard InChI is InChI=1S/C21H24N2O4/c24-18-14-27-20(21(25)22-13-17-11-6-12-26-17)19(15-7-2-1-3-8-15)23(18)16-9-4-5-10-16/h1-3,6-8,11-12,16,19-20H,4-5,9-10,13-14H2,(H,22,25)/t19-,20+/m0/s1. The summed E-state index contributed by atoms with van der Waals surface area (Å²) < 4.78 is 11.0. The minimum absolute atomic E-state index is 0.0363. The topological polar surface area (TPSA) is 71.8 Å². The van der Waals surface area contributed by atoms with Crippen LogP contribution in [0.4, 0.5) is 0 Å². The summed E-state index contributed by atoms with van der Waals surface area (Å²) in [5, 5.41) is 2.88. The molecular formula is C21H24N2O4. The predicted octanol–water partition coefficient (Wildman–Crippen LogP) is 2.81. The summed E-state index contributed by atoms with van der Waals surface area (Å²) in [6.07, 6.45) is 5.04. The lowest BCUT2D eigenvalue weighted by Crippen LogP contribution is -2.56. The quantitative estimate of drug-likeness (QED) is 0.881. The molecule has 27 heavy (non-hydrogen) atoms. The number of carbonyl (C=O) groups is 2. The average molecular weight is 368 g/mol. The van der Waals surface area contributed by atoms with Crippen molar-refractivity contribution in [3.05, 3.63) is 60.1 Å². The van der Waals surface area contributed by atoms with Gasteiger partial charge in [0.15, 0.2) is 6.10 Å². The first kappa shape index (κ1) is 17.8. The van der Waals surface area contributed by atoms with Crippen molar-refractivity contribution < 1.29 is 18.7 Å². The molecule has 2 aliphatic rings. The third-order valence-corrected chi connectivity index (χ3v) is 5.40. The summed E-state index contributed by atoms with van der Waals surface area (Å²) in [6, 6.07) is 13.1. The molecule has 1 aliphatic heterocycles. The second-order valence-corrected chi connectivity index (χ2v) is 7.12. The van der Waals surface area contributed by atoms with Crippen molar-refractivity contribution in [3.8, 4) is 0 Å². The Morgan fingerprint density at radius 3 is 2.59 bits per heavy atom. The molecule has 2 heterocycles. The maximum atomic E-state index is 12.9. The maximum absolute atomic E-state index is 12.9. The number of rotatable bonds is 5. The Labute approximate surface area is 158 Å². The fourth-order valence-electron chi connectivity index (χ4n) is 4.13. The van der Waals surface area contributed by atoms with E-state index in [1.165, 1.54) is 0 Å². The highest BCUT2D eigenvalue weighted by atomic mass is 16.5. The second-order valence-electron chi connectivity index (χ2n) is 7.12. The number of ether oxygens (including phenoxy) is 1. The van der Waals surface area contributed by atoms with Gasteiger partial charge in [-0.1, -0.05) is 43.2 Å². The van der Waals surface area contributed by atoms with E-state index in [-0.39, 0.29) is 24.5 Å². The summed E-state index contributed by atoms with van der Waals surface area (Å²) in [7, 11) is 0. The number of nitrogens with zero attached hydrogens (tertiary/aromatic N) is 1. The first-order chi connectivity index (χ1) is 13.2. The van der Waals surface area contributed by atoms with E-state index in [0.717, 1.165) is 31.2 Å². The lowest BCUT2D eigenvalue weighted by atomic mass is 9.95. The van der Waals surface area contributed by atoms with Crippen molar-refractivity contribution in [3.63, 3.8) is 0 Å². The Balaban J connectivity index is 1.60. The van der Waals surface area contributed by atoms with E-state index in [1.54, 1.807) is 12.3 Å². The molecule has 1 aromatic carbocycles. The number of morpholine rings is 1. The number of benzene rings is 1. The number of nitrogens with one attached hydrogen (secondary N) is 1. The summed E-state index contributed by atoms with van der Waals surface area (Å²) >= 11 is 0. The summed E-state index contributed by atoms with van der Waals surface area (Å²) in [5.74, 6) is 0.417. The Hall–Kier alpha value is -2.60. The number of hydrogen-bond donors (Lipinski definition) is 1. The van der Waals surface area contributed by atoms with Crippen LogP contribution in [0.3, 0.4) is 0 Å². The molecule has 1 saturated carbocycles. The van der Waals surface area contributed by atoms with Gasteiger partial charge in [0.1, 0.15) is 12.4 Å². The third-order valence-electron chi connectivity index (χ3n) is 5.40.